The molecule has 0 N–H and O–H groups in total. The van der Waals surface area contributed by atoms with E-state index in [0.717, 1.165) is 45.7 Å². The van der Waals surface area contributed by atoms with Crippen LogP contribution in [0.1, 0.15) is 12.0 Å². The van der Waals surface area contributed by atoms with Gasteiger partial charge in [0, 0.05) is 50.4 Å². The molecule has 1 atom stereocenters. The van der Waals surface area contributed by atoms with E-state index in [0.29, 0.717) is 0 Å². The Labute approximate surface area is 330 Å². The van der Waals surface area contributed by atoms with E-state index in [-0.39, 0.29) is 6.04 Å². The van der Waals surface area contributed by atoms with Crippen molar-refractivity contribution in [3.05, 3.63) is 206 Å². The fraction of sp³-hybridized carbons (Fsp3) is 0.0370. The molecule has 0 saturated carbocycles. The van der Waals surface area contributed by atoms with E-state index < -0.39 is 0 Å². The minimum atomic E-state index is 0.155. The lowest BCUT2D eigenvalue weighted by Gasteiger charge is -2.30. The number of nitrogens with zero attached hydrogens (tertiary/aromatic N) is 2. The van der Waals surface area contributed by atoms with Crippen LogP contribution >= 0.6 is 0 Å². The second kappa shape index (κ2) is 12.6. The third-order valence-electron chi connectivity index (χ3n) is 12.1. The summed E-state index contributed by atoms with van der Waals surface area (Å²) in [6.45, 7) is 0. The van der Waals surface area contributed by atoms with Gasteiger partial charge >= 0.3 is 0 Å². The van der Waals surface area contributed by atoms with Gasteiger partial charge in [0.2, 0.25) is 0 Å². The van der Waals surface area contributed by atoms with Crippen LogP contribution < -0.4 is 9.80 Å². The first kappa shape index (κ1) is 31.9. The number of benzene rings is 9. The monoisotopic (exact) mass is 728 g/mol. The Kier molecular flexibility index (Phi) is 7.05. The minimum absolute atomic E-state index is 0.155. The highest BCUT2D eigenvalue weighted by Crippen LogP contribution is 2.55. The van der Waals surface area contributed by atoms with Crippen LogP contribution in [-0.4, -0.2) is 6.04 Å². The highest BCUT2D eigenvalue weighted by Gasteiger charge is 2.39. The van der Waals surface area contributed by atoms with Gasteiger partial charge in [0.15, 0.2) is 0 Å². The van der Waals surface area contributed by atoms with Crippen LogP contribution in [0.5, 0.6) is 0 Å². The molecule has 0 radical (unpaired) electrons. The van der Waals surface area contributed by atoms with Crippen LogP contribution in [0.15, 0.2) is 205 Å². The van der Waals surface area contributed by atoms with Crippen molar-refractivity contribution >= 4 is 88.3 Å². The maximum atomic E-state index is 6.71. The normalized spacial score (nSPS) is 14.8. The summed E-state index contributed by atoms with van der Waals surface area (Å²) in [5.74, 6) is 0. The van der Waals surface area contributed by atoms with Gasteiger partial charge in [-0.3, -0.25) is 0 Å². The molecule has 1 unspecified atom stereocenters. The van der Waals surface area contributed by atoms with Crippen LogP contribution in [0.4, 0.5) is 28.4 Å². The van der Waals surface area contributed by atoms with Gasteiger partial charge in [-0.15, -0.1) is 0 Å². The number of furan rings is 1. The highest BCUT2D eigenvalue weighted by molar-refractivity contribution is 6.19. The summed E-state index contributed by atoms with van der Waals surface area (Å²) < 4.78 is 6.71. The Morgan fingerprint density at radius 2 is 1.19 bits per heavy atom. The molecule has 3 heteroatoms. The maximum absolute atomic E-state index is 6.71. The van der Waals surface area contributed by atoms with Crippen molar-refractivity contribution in [2.45, 2.75) is 12.5 Å². The second-order valence-corrected chi connectivity index (χ2v) is 15.2. The van der Waals surface area contributed by atoms with Crippen molar-refractivity contribution in [3.63, 3.8) is 0 Å². The molecule has 0 saturated heterocycles. The van der Waals surface area contributed by atoms with Crippen molar-refractivity contribution < 1.29 is 4.42 Å². The molecule has 3 nitrogen and oxygen atoms in total. The molecule has 2 heterocycles. The number of rotatable bonds is 5. The zero-order chi connectivity index (χ0) is 37.5. The summed E-state index contributed by atoms with van der Waals surface area (Å²) in [5.41, 5.74) is 12.6. The topological polar surface area (TPSA) is 19.6 Å². The predicted octanol–water partition coefficient (Wildman–Crippen LogP) is 15.0. The fourth-order valence-electron chi connectivity index (χ4n) is 9.57. The Balaban J connectivity index is 1.06. The van der Waals surface area contributed by atoms with E-state index in [4.69, 9.17) is 4.42 Å². The summed E-state index contributed by atoms with van der Waals surface area (Å²) in [5, 5.41) is 9.75. The molecule has 268 valence electrons. The smallest absolute Gasteiger partial charge is 0.138 e. The molecule has 0 amide bonds. The number of hydrogen-bond acceptors (Lipinski definition) is 3. The van der Waals surface area contributed by atoms with Gasteiger partial charge in [0.25, 0.3) is 0 Å². The Bertz CT molecular complexity index is 3280. The van der Waals surface area contributed by atoms with E-state index in [2.05, 4.69) is 210 Å². The summed E-state index contributed by atoms with van der Waals surface area (Å²) in [7, 11) is 0. The van der Waals surface area contributed by atoms with E-state index in [1.165, 1.54) is 65.7 Å². The first-order valence-electron chi connectivity index (χ1n) is 19.8. The molecular weight excluding hydrogens is 693 g/mol. The molecule has 1 aliphatic heterocycles. The molecule has 1 aromatic heterocycles. The SMILES string of the molecule is C1=CCC2C(=C1)c1c(cc3oc4ccccc4c3c1-c1ccc3ccccc3c1)N2c1ccc(N(c2ccccc2)c2cc3ccccc3c3ccccc23)cc1. The third-order valence-corrected chi connectivity index (χ3v) is 12.1. The number of para-hydroxylation sites is 2. The molecule has 0 spiro atoms. The summed E-state index contributed by atoms with van der Waals surface area (Å²) in [6, 6.07) is 66.2. The average molecular weight is 729 g/mol. The molecule has 0 fully saturated rings. The lowest BCUT2D eigenvalue weighted by Crippen LogP contribution is -2.27. The predicted molar refractivity (Wildman–Crippen MR) is 240 cm³/mol. The minimum Gasteiger partial charge on any atom is -0.456 e. The second-order valence-electron chi connectivity index (χ2n) is 15.2. The maximum Gasteiger partial charge on any atom is 0.138 e. The molecular formula is C54H36N2O. The zero-order valence-electron chi connectivity index (χ0n) is 31.1. The number of hydrogen-bond donors (Lipinski definition) is 0. The number of fused-ring (bicyclic) bond motifs is 10. The van der Waals surface area contributed by atoms with Crippen molar-refractivity contribution in [1.82, 2.24) is 0 Å². The van der Waals surface area contributed by atoms with Gasteiger partial charge in [-0.25, -0.2) is 0 Å². The van der Waals surface area contributed by atoms with Gasteiger partial charge in [0.1, 0.15) is 11.2 Å². The van der Waals surface area contributed by atoms with E-state index in [1.807, 2.05) is 0 Å². The van der Waals surface area contributed by atoms with Gasteiger partial charge in [0.05, 0.1) is 17.4 Å². The van der Waals surface area contributed by atoms with Crippen molar-refractivity contribution in [2.75, 3.05) is 9.80 Å². The summed E-state index contributed by atoms with van der Waals surface area (Å²) in [4.78, 5) is 4.95. The van der Waals surface area contributed by atoms with Crippen LogP contribution in [-0.2, 0) is 0 Å². The zero-order valence-corrected chi connectivity index (χ0v) is 31.1. The van der Waals surface area contributed by atoms with E-state index in [1.54, 1.807) is 0 Å². The van der Waals surface area contributed by atoms with Crippen molar-refractivity contribution in [1.29, 1.82) is 0 Å². The van der Waals surface area contributed by atoms with Crippen LogP contribution in [0.25, 0.3) is 71.0 Å². The molecule has 57 heavy (non-hydrogen) atoms. The third kappa shape index (κ3) is 4.92. The highest BCUT2D eigenvalue weighted by atomic mass is 16.3. The first-order valence-corrected chi connectivity index (χ1v) is 19.8. The lowest BCUT2D eigenvalue weighted by atomic mass is 9.87. The molecule has 12 rings (SSSR count). The number of anilines is 5. The first-order chi connectivity index (χ1) is 28.3. The molecule has 0 bridgehead atoms. The quantitative estimate of drug-likeness (QED) is 0.165. The Morgan fingerprint density at radius 3 is 2.04 bits per heavy atom. The van der Waals surface area contributed by atoms with Crippen molar-refractivity contribution in [3.8, 4) is 11.1 Å². The fourth-order valence-corrected chi connectivity index (χ4v) is 9.57. The Hall–Kier alpha value is -7.36. The van der Waals surface area contributed by atoms with Crippen molar-refractivity contribution in [2.24, 2.45) is 0 Å². The Morgan fingerprint density at radius 1 is 0.509 bits per heavy atom. The lowest BCUT2D eigenvalue weighted by molar-refractivity contribution is 0.669. The summed E-state index contributed by atoms with van der Waals surface area (Å²) in [6.07, 6.45) is 7.79. The summed E-state index contributed by atoms with van der Waals surface area (Å²) >= 11 is 0. The van der Waals surface area contributed by atoms with Crippen LogP contribution in [0.2, 0.25) is 0 Å². The van der Waals surface area contributed by atoms with Crippen LogP contribution in [0, 0.1) is 0 Å². The van der Waals surface area contributed by atoms with Gasteiger partial charge < -0.3 is 14.2 Å². The molecule has 10 aromatic rings. The van der Waals surface area contributed by atoms with Crippen LogP contribution in [0.3, 0.4) is 0 Å². The van der Waals surface area contributed by atoms with Gasteiger partial charge in [-0.05, 0) is 99.1 Å². The average Bonchev–Trinajstić information content (AvgIpc) is 3.81. The largest absolute Gasteiger partial charge is 0.456 e. The molecule has 9 aromatic carbocycles. The van der Waals surface area contributed by atoms with Gasteiger partial charge in [-0.1, -0.05) is 140 Å². The number of allylic oxidation sites excluding steroid dienone is 2. The van der Waals surface area contributed by atoms with E-state index in [9.17, 15) is 0 Å². The standard InChI is InChI=1S/C54H36N2O/c1-2-17-39(18-3-1)55(48-33-37-16-6-7-19-42(37)43-20-8-9-21-44(43)48)40-28-30-41(31-29-40)56-47-24-12-10-22-45(47)53-49(56)34-51-54(46-23-11-13-25-50(46)57-51)52(53)38-27-26-35-14-4-5-15-36(35)32-38/h1-23,25-34,47H,24H2. The van der Waals surface area contributed by atoms with E-state index >= 15 is 0 Å². The molecule has 1 aliphatic carbocycles. The van der Waals surface area contributed by atoms with Gasteiger partial charge in [-0.2, -0.15) is 0 Å². The molecule has 2 aliphatic rings.